The average Bonchev–Trinajstić information content (AvgIpc) is 2.86. The van der Waals surface area contributed by atoms with Crippen LogP contribution in [-0.2, 0) is 9.59 Å². The second kappa shape index (κ2) is 6.79. The lowest BCUT2D eigenvalue weighted by atomic mass is 10.1. The van der Waals surface area contributed by atoms with Crippen LogP contribution < -0.4 is 10.6 Å². The van der Waals surface area contributed by atoms with Crippen LogP contribution in [0.2, 0.25) is 0 Å². The summed E-state index contributed by atoms with van der Waals surface area (Å²) in [4.78, 5) is 24.4. The van der Waals surface area contributed by atoms with E-state index in [1.54, 1.807) is 11.8 Å². The first kappa shape index (κ1) is 14.9. The lowest BCUT2D eigenvalue weighted by Gasteiger charge is -2.17. The minimum Gasteiger partial charge on any atom is -0.348 e. The number of hydrogen-bond acceptors (Lipinski definition) is 3. The fourth-order valence-electron chi connectivity index (χ4n) is 2.23. The minimum atomic E-state index is -0.375. The van der Waals surface area contributed by atoms with Gasteiger partial charge in [0.2, 0.25) is 11.8 Å². The summed E-state index contributed by atoms with van der Waals surface area (Å²) in [5.41, 5.74) is 1.07. The number of rotatable bonds is 5. The highest BCUT2D eigenvalue weighted by molar-refractivity contribution is 7.99. The van der Waals surface area contributed by atoms with Crippen molar-refractivity contribution in [2.45, 2.75) is 43.7 Å². The maximum atomic E-state index is 12.0. The minimum absolute atomic E-state index is 0.0428. The molecule has 1 saturated heterocycles. The smallest absolute Gasteiger partial charge is 0.243 e. The molecular weight excluding hydrogens is 272 g/mol. The van der Waals surface area contributed by atoms with E-state index >= 15 is 0 Å². The van der Waals surface area contributed by atoms with Crippen molar-refractivity contribution in [1.29, 1.82) is 0 Å². The van der Waals surface area contributed by atoms with Crippen molar-refractivity contribution in [2.75, 3.05) is 5.75 Å². The van der Waals surface area contributed by atoms with E-state index in [9.17, 15) is 9.59 Å². The maximum absolute atomic E-state index is 12.0. The average molecular weight is 292 g/mol. The molecule has 2 rings (SSSR count). The number of thioether (sulfide) groups is 1. The molecule has 0 saturated carbocycles. The van der Waals surface area contributed by atoms with Crippen molar-refractivity contribution < 1.29 is 9.59 Å². The van der Waals surface area contributed by atoms with Crippen molar-refractivity contribution in [3.8, 4) is 0 Å². The lowest BCUT2D eigenvalue weighted by Crippen LogP contribution is -2.42. The van der Waals surface area contributed by atoms with Gasteiger partial charge in [-0.1, -0.05) is 19.1 Å². The SMILES string of the molecule is CCSc1ccc([C@@H](C)NC(=O)[C@H]2CCC(=O)N2)cc1. The third-order valence-electron chi connectivity index (χ3n) is 3.36. The van der Waals surface area contributed by atoms with Gasteiger partial charge >= 0.3 is 0 Å². The molecule has 1 aromatic carbocycles. The zero-order chi connectivity index (χ0) is 14.5. The van der Waals surface area contributed by atoms with Gasteiger partial charge in [-0.25, -0.2) is 0 Å². The van der Waals surface area contributed by atoms with Crippen LogP contribution in [0.5, 0.6) is 0 Å². The molecule has 1 heterocycles. The first-order valence-electron chi connectivity index (χ1n) is 6.92. The summed E-state index contributed by atoms with van der Waals surface area (Å²) in [6.07, 6.45) is 1.03. The number of amides is 2. The van der Waals surface area contributed by atoms with Gasteiger partial charge in [0, 0.05) is 11.3 Å². The Labute approximate surface area is 123 Å². The number of nitrogens with one attached hydrogen (secondary N) is 2. The second-order valence-corrected chi connectivity index (χ2v) is 6.23. The van der Waals surface area contributed by atoms with Gasteiger partial charge in [-0.3, -0.25) is 9.59 Å². The number of carbonyl (C=O) groups is 2. The summed E-state index contributed by atoms with van der Waals surface area (Å²) >= 11 is 1.80. The molecule has 1 aliphatic rings. The fourth-order valence-corrected chi connectivity index (χ4v) is 2.89. The molecule has 108 valence electrons. The van der Waals surface area contributed by atoms with E-state index in [0.29, 0.717) is 12.8 Å². The third-order valence-corrected chi connectivity index (χ3v) is 4.26. The molecule has 4 nitrogen and oxygen atoms in total. The molecule has 1 aliphatic heterocycles. The molecule has 2 atom stereocenters. The van der Waals surface area contributed by atoms with Crippen molar-refractivity contribution in [3.63, 3.8) is 0 Å². The molecule has 1 aromatic rings. The number of benzene rings is 1. The molecule has 0 aliphatic carbocycles. The van der Waals surface area contributed by atoms with E-state index in [1.807, 2.05) is 19.1 Å². The van der Waals surface area contributed by atoms with Crippen LogP contribution in [0.15, 0.2) is 29.2 Å². The largest absolute Gasteiger partial charge is 0.348 e. The third kappa shape index (κ3) is 3.76. The zero-order valence-corrected chi connectivity index (χ0v) is 12.6. The normalized spacial score (nSPS) is 19.5. The van der Waals surface area contributed by atoms with Crippen LogP contribution in [0, 0.1) is 0 Å². The van der Waals surface area contributed by atoms with Crippen molar-refractivity contribution in [1.82, 2.24) is 10.6 Å². The van der Waals surface area contributed by atoms with Crippen LogP contribution in [0.4, 0.5) is 0 Å². The van der Waals surface area contributed by atoms with E-state index in [1.165, 1.54) is 4.90 Å². The Balaban J connectivity index is 1.92. The Bertz CT molecular complexity index is 487. The topological polar surface area (TPSA) is 58.2 Å². The number of carbonyl (C=O) groups excluding carboxylic acids is 2. The summed E-state index contributed by atoms with van der Waals surface area (Å²) in [6.45, 7) is 4.08. The molecule has 1 fully saturated rings. The van der Waals surface area contributed by atoms with Gasteiger partial charge in [0.05, 0.1) is 6.04 Å². The molecule has 0 aromatic heterocycles. The van der Waals surface area contributed by atoms with Crippen molar-refractivity contribution in [3.05, 3.63) is 29.8 Å². The highest BCUT2D eigenvalue weighted by Gasteiger charge is 2.27. The summed E-state index contributed by atoms with van der Waals surface area (Å²) in [5.74, 6) is 0.904. The van der Waals surface area contributed by atoms with Gasteiger partial charge in [0.25, 0.3) is 0 Å². The highest BCUT2D eigenvalue weighted by Crippen LogP contribution is 2.21. The lowest BCUT2D eigenvalue weighted by molar-refractivity contribution is -0.126. The molecule has 0 bridgehead atoms. The fraction of sp³-hybridized carbons (Fsp3) is 0.467. The molecule has 0 radical (unpaired) electrons. The van der Waals surface area contributed by atoms with E-state index in [-0.39, 0.29) is 23.9 Å². The van der Waals surface area contributed by atoms with Crippen LogP contribution in [0.3, 0.4) is 0 Å². The van der Waals surface area contributed by atoms with E-state index in [0.717, 1.165) is 11.3 Å². The van der Waals surface area contributed by atoms with E-state index in [4.69, 9.17) is 0 Å². The van der Waals surface area contributed by atoms with Gasteiger partial charge in [-0.15, -0.1) is 11.8 Å². The summed E-state index contributed by atoms with van der Waals surface area (Å²) in [6, 6.07) is 7.79. The Morgan fingerprint density at radius 2 is 2.15 bits per heavy atom. The Morgan fingerprint density at radius 1 is 1.45 bits per heavy atom. The molecular formula is C15H20N2O2S. The Morgan fingerprint density at radius 3 is 2.70 bits per heavy atom. The Hall–Kier alpha value is -1.49. The number of hydrogen-bond donors (Lipinski definition) is 2. The first-order valence-corrected chi connectivity index (χ1v) is 7.91. The zero-order valence-electron chi connectivity index (χ0n) is 11.8. The van der Waals surface area contributed by atoms with Gasteiger partial charge in [0.15, 0.2) is 0 Å². The second-order valence-electron chi connectivity index (χ2n) is 4.89. The van der Waals surface area contributed by atoms with Crippen molar-refractivity contribution in [2.24, 2.45) is 0 Å². The molecule has 2 amide bonds. The maximum Gasteiger partial charge on any atom is 0.243 e. The predicted octanol–water partition coefficient (Wildman–Crippen LogP) is 2.25. The molecule has 0 spiro atoms. The molecule has 5 heteroatoms. The van der Waals surface area contributed by atoms with E-state index < -0.39 is 0 Å². The molecule has 0 unspecified atom stereocenters. The van der Waals surface area contributed by atoms with Crippen LogP contribution in [0.1, 0.15) is 38.3 Å². The summed E-state index contributed by atoms with van der Waals surface area (Å²) in [5, 5.41) is 5.63. The van der Waals surface area contributed by atoms with Gasteiger partial charge in [-0.05, 0) is 36.8 Å². The van der Waals surface area contributed by atoms with Crippen LogP contribution in [-0.4, -0.2) is 23.6 Å². The standard InChI is InChI=1S/C15H20N2O2S/c1-3-20-12-6-4-11(5-7-12)10(2)16-15(19)13-8-9-14(18)17-13/h4-7,10,13H,3,8-9H2,1-2H3,(H,16,19)(H,17,18)/t10-,13-/m1/s1. The van der Waals surface area contributed by atoms with Crippen LogP contribution in [0.25, 0.3) is 0 Å². The van der Waals surface area contributed by atoms with Gasteiger partial charge in [0.1, 0.15) is 6.04 Å². The summed E-state index contributed by atoms with van der Waals surface area (Å²) < 4.78 is 0. The monoisotopic (exact) mass is 292 g/mol. The highest BCUT2D eigenvalue weighted by atomic mass is 32.2. The van der Waals surface area contributed by atoms with E-state index in [2.05, 4.69) is 29.7 Å². The molecule has 2 N–H and O–H groups in total. The quantitative estimate of drug-likeness (QED) is 0.818. The van der Waals surface area contributed by atoms with Gasteiger partial charge < -0.3 is 10.6 Å². The van der Waals surface area contributed by atoms with Gasteiger partial charge in [-0.2, -0.15) is 0 Å². The van der Waals surface area contributed by atoms with Crippen LogP contribution >= 0.6 is 11.8 Å². The van der Waals surface area contributed by atoms with Crippen molar-refractivity contribution >= 4 is 23.6 Å². The predicted molar refractivity (Wildman–Crippen MR) is 80.6 cm³/mol. The first-order chi connectivity index (χ1) is 9.60. The Kier molecular flexibility index (Phi) is 5.06. The molecule has 20 heavy (non-hydrogen) atoms. The summed E-state index contributed by atoms with van der Waals surface area (Å²) in [7, 11) is 0.